The molecule has 1 N–H and O–H groups in total. The Balaban J connectivity index is 0. The molecule has 0 aromatic heterocycles. The molecule has 0 aliphatic carbocycles. The highest BCUT2D eigenvalue weighted by molar-refractivity contribution is 4.87. The van der Waals surface area contributed by atoms with E-state index in [0.717, 1.165) is 23.1 Å². The van der Waals surface area contributed by atoms with Gasteiger partial charge >= 0.3 is 0 Å². The van der Waals surface area contributed by atoms with Crippen LogP contribution in [0, 0.1) is 15.3 Å². The molecular formula is C11H24N2O5. The van der Waals surface area contributed by atoms with Crippen LogP contribution >= 0.6 is 0 Å². The fourth-order valence-corrected chi connectivity index (χ4v) is 1.36. The van der Waals surface area contributed by atoms with Crippen LogP contribution in [0.2, 0.25) is 0 Å². The van der Waals surface area contributed by atoms with Gasteiger partial charge in [-0.05, 0) is 13.8 Å². The summed E-state index contributed by atoms with van der Waals surface area (Å²) in [6, 6.07) is 0. The van der Waals surface area contributed by atoms with Gasteiger partial charge in [-0.1, -0.05) is 12.2 Å². The van der Waals surface area contributed by atoms with Crippen molar-refractivity contribution in [2.45, 2.75) is 20.0 Å². The number of hydrogen-bond acceptors (Lipinski definition) is 5. The van der Waals surface area contributed by atoms with Crippen molar-refractivity contribution >= 4 is 0 Å². The predicted octanol–water partition coefficient (Wildman–Crippen LogP) is 0.797. The van der Waals surface area contributed by atoms with Gasteiger partial charge in [0, 0.05) is 0 Å². The van der Waals surface area contributed by atoms with Gasteiger partial charge in [-0.3, -0.25) is 0 Å². The van der Waals surface area contributed by atoms with E-state index in [1.165, 1.54) is 0 Å². The quantitative estimate of drug-likeness (QED) is 0.241. The standard InChI is InChI=1S/C11H24NO2.NO3/c1-10(2)9-14-7-6-12(4,5)8-11(3)13;2-1(3)4/h11,13H,1,6-9H2,2-5H3;/q+1;-1. The minimum atomic E-state index is -1.75. The fourth-order valence-electron chi connectivity index (χ4n) is 1.36. The molecule has 18 heavy (non-hydrogen) atoms. The number of aliphatic hydroxyl groups is 1. The molecular weight excluding hydrogens is 240 g/mol. The fraction of sp³-hybridized carbons (Fsp3) is 0.818. The van der Waals surface area contributed by atoms with Crippen molar-refractivity contribution < 1.29 is 19.4 Å². The van der Waals surface area contributed by atoms with E-state index in [4.69, 9.17) is 20.1 Å². The van der Waals surface area contributed by atoms with Crippen molar-refractivity contribution in [2.24, 2.45) is 0 Å². The molecule has 0 aliphatic rings. The summed E-state index contributed by atoms with van der Waals surface area (Å²) in [6.07, 6.45) is -0.258. The topological polar surface area (TPSA) is 95.7 Å². The lowest BCUT2D eigenvalue weighted by molar-refractivity contribution is -0.893. The van der Waals surface area contributed by atoms with E-state index in [-0.39, 0.29) is 6.10 Å². The van der Waals surface area contributed by atoms with Crippen molar-refractivity contribution in [2.75, 3.05) is 40.4 Å². The highest BCUT2D eigenvalue weighted by Gasteiger charge is 2.17. The van der Waals surface area contributed by atoms with Crippen LogP contribution in [0.5, 0.6) is 0 Å². The van der Waals surface area contributed by atoms with Gasteiger partial charge in [-0.2, -0.15) is 0 Å². The van der Waals surface area contributed by atoms with Crippen molar-refractivity contribution in [1.82, 2.24) is 0 Å². The van der Waals surface area contributed by atoms with E-state index < -0.39 is 5.09 Å². The first-order valence-electron chi connectivity index (χ1n) is 5.60. The summed E-state index contributed by atoms with van der Waals surface area (Å²) in [4.78, 5) is 8.25. The summed E-state index contributed by atoms with van der Waals surface area (Å²) in [5, 5.41) is 24.0. The monoisotopic (exact) mass is 264 g/mol. The van der Waals surface area contributed by atoms with Gasteiger partial charge in [0.2, 0.25) is 0 Å². The lowest BCUT2D eigenvalue weighted by Crippen LogP contribution is -2.46. The van der Waals surface area contributed by atoms with Gasteiger partial charge in [0.15, 0.2) is 0 Å². The van der Waals surface area contributed by atoms with Crippen LogP contribution in [0.4, 0.5) is 0 Å². The summed E-state index contributed by atoms with van der Waals surface area (Å²) < 4.78 is 6.20. The van der Waals surface area contributed by atoms with Crippen LogP contribution < -0.4 is 0 Å². The van der Waals surface area contributed by atoms with Crippen LogP contribution in [-0.2, 0) is 4.74 Å². The Hall–Kier alpha value is -1.18. The third-order valence-electron chi connectivity index (χ3n) is 1.95. The third-order valence-corrected chi connectivity index (χ3v) is 1.95. The van der Waals surface area contributed by atoms with Gasteiger partial charge in [-0.25, -0.2) is 0 Å². The maximum absolute atomic E-state index is 9.26. The van der Waals surface area contributed by atoms with Gasteiger partial charge in [0.05, 0.1) is 32.4 Å². The van der Waals surface area contributed by atoms with Crippen molar-refractivity contribution in [1.29, 1.82) is 0 Å². The summed E-state index contributed by atoms with van der Waals surface area (Å²) in [5.41, 5.74) is 1.05. The average Bonchev–Trinajstić information content (AvgIpc) is 2.09. The SMILES string of the molecule is C=C(C)COCC[N+](C)(C)CC(C)O.O=[N+]([O-])[O-]. The molecule has 1 unspecified atom stereocenters. The van der Waals surface area contributed by atoms with Crippen LogP contribution in [0.25, 0.3) is 0 Å². The van der Waals surface area contributed by atoms with Gasteiger partial charge in [-0.15, -0.1) is 0 Å². The Morgan fingerprint density at radius 1 is 1.50 bits per heavy atom. The van der Waals surface area contributed by atoms with Crippen LogP contribution in [0.3, 0.4) is 0 Å². The highest BCUT2D eigenvalue weighted by atomic mass is 16.9. The second kappa shape index (κ2) is 9.81. The maximum Gasteiger partial charge on any atom is 0.104 e. The maximum atomic E-state index is 9.26. The molecule has 108 valence electrons. The Kier molecular flexibility index (Phi) is 10.4. The number of quaternary nitrogens is 1. The summed E-state index contributed by atoms with van der Waals surface area (Å²) >= 11 is 0. The molecule has 7 nitrogen and oxygen atoms in total. The molecule has 0 saturated heterocycles. The van der Waals surface area contributed by atoms with Crippen molar-refractivity contribution in [3.05, 3.63) is 27.5 Å². The smallest absolute Gasteiger partial charge is 0.104 e. The number of likely N-dealkylation sites (N-methyl/N-ethyl adjacent to an activating group) is 1. The van der Waals surface area contributed by atoms with E-state index in [1.54, 1.807) is 0 Å². The molecule has 1 atom stereocenters. The summed E-state index contributed by atoms with van der Waals surface area (Å²) in [7, 11) is 4.19. The largest absolute Gasteiger partial charge is 0.388 e. The zero-order valence-corrected chi connectivity index (χ0v) is 11.6. The molecule has 0 aromatic rings. The first kappa shape index (κ1) is 19.2. The number of ether oxygens (including phenoxy) is 1. The molecule has 0 amide bonds. The molecule has 0 aromatic carbocycles. The highest BCUT2D eigenvalue weighted by Crippen LogP contribution is 2.00. The molecule has 0 heterocycles. The van der Waals surface area contributed by atoms with E-state index in [0.29, 0.717) is 13.2 Å². The zero-order valence-electron chi connectivity index (χ0n) is 11.6. The number of rotatable bonds is 7. The lowest BCUT2D eigenvalue weighted by Gasteiger charge is -2.30. The second-order valence-corrected chi connectivity index (χ2v) is 4.92. The number of aliphatic hydroxyl groups excluding tert-OH is 1. The molecule has 7 heteroatoms. The molecule has 0 aliphatic heterocycles. The Labute approximate surface area is 108 Å². The van der Waals surface area contributed by atoms with Gasteiger partial charge < -0.3 is 29.6 Å². The normalized spacial score (nSPS) is 12.3. The van der Waals surface area contributed by atoms with E-state index in [9.17, 15) is 5.11 Å². The summed E-state index contributed by atoms with van der Waals surface area (Å²) in [5.74, 6) is 0. The van der Waals surface area contributed by atoms with Crippen molar-refractivity contribution in [3.63, 3.8) is 0 Å². The second-order valence-electron chi connectivity index (χ2n) is 4.92. The third kappa shape index (κ3) is 20.3. The molecule has 0 spiro atoms. The van der Waals surface area contributed by atoms with E-state index in [2.05, 4.69) is 20.7 Å². The average molecular weight is 264 g/mol. The molecule has 0 fully saturated rings. The number of hydrogen-bond donors (Lipinski definition) is 1. The summed E-state index contributed by atoms with van der Waals surface area (Å²) in [6.45, 7) is 10.6. The Morgan fingerprint density at radius 3 is 2.28 bits per heavy atom. The van der Waals surface area contributed by atoms with Crippen LogP contribution in [-0.4, -0.2) is 61.2 Å². The first-order chi connectivity index (χ1) is 8.07. The molecule has 0 radical (unpaired) electrons. The minimum Gasteiger partial charge on any atom is -0.388 e. The lowest BCUT2D eigenvalue weighted by atomic mass is 10.3. The number of nitrogens with zero attached hydrogens (tertiary/aromatic N) is 2. The van der Waals surface area contributed by atoms with Gasteiger partial charge in [0.1, 0.15) is 19.2 Å². The van der Waals surface area contributed by atoms with Crippen LogP contribution in [0.1, 0.15) is 13.8 Å². The van der Waals surface area contributed by atoms with Crippen molar-refractivity contribution in [3.8, 4) is 0 Å². The molecule has 0 bridgehead atoms. The van der Waals surface area contributed by atoms with E-state index >= 15 is 0 Å². The molecule has 0 saturated carbocycles. The first-order valence-corrected chi connectivity index (χ1v) is 5.60. The zero-order chi connectivity index (χ0) is 14.8. The van der Waals surface area contributed by atoms with E-state index in [1.807, 2.05) is 13.8 Å². The molecule has 0 rings (SSSR count). The Morgan fingerprint density at radius 2 is 1.94 bits per heavy atom. The van der Waals surface area contributed by atoms with Gasteiger partial charge in [0.25, 0.3) is 0 Å². The Bertz CT molecular complexity index is 250. The predicted molar refractivity (Wildman–Crippen MR) is 69.5 cm³/mol. The minimum absolute atomic E-state index is 0.258. The van der Waals surface area contributed by atoms with Crippen LogP contribution in [0.15, 0.2) is 12.2 Å².